The molecule has 0 aliphatic carbocycles. The van der Waals surface area contributed by atoms with Crippen LogP contribution in [-0.2, 0) is 18.4 Å². The van der Waals surface area contributed by atoms with Gasteiger partial charge in [-0.3, -0.25) is 13.8 Å². The van der Waals surface area contributed by atoms with Crippen molar-refractivity contribution in [2.45, 2.75) is 341 Å². The molecule has 0 aliphatic heterocycles. The van der Waals surface area contributed by atoms with E-state index in [-0.39, 0.29) is 19.1 Å². The van der Waals surface area contributed by atoms with Crippen molar-refractivity contribution in [1.82, 2.24) is 5.32 Å². The number of amides is 1. The largest absolute Gasteiger partial charge is 0.472 e. The van der Waals surface area contributed by atoms with Gasteiger partial charge in [-0.1, -0.05) is 314 Å². The molecular formula is C64H128N2O6P+. The smallest absolute Gasteiger partial charge is 0.387 e. The molecule has 0 fully saturated rings. The highest BCUT2D eigenvalue weighted by molar-refractivity contribution is 7.47. The van der Waals surface area contributed by atoms with Crippen molar-refractivity contribution in [2.75, 3.05) is 40.9 Å². The Kier molecular flexibility index (Phi) is 54.9. The maximum Gasteiger partial charge on any atom is 0.472 e. The minimum absolute atomic E-state index is 0.0590. The van der Waals surface area contributed by atoms with E-state index in [0.29, 0.717) is 17.4 Å². The summed E-state index contributed by atoms with van der Waals surface area (Å²) in [4.78, 5) is 23.4. The number of carbonyl (C=O) groups is 1. The predicted molar refractivity (Wildman–Crippen MR) is 318 cm³/mol. The monoisotopic (exact) mass is 1050 g/mol. The Morgan fingerprint density at radius 2 is 0.753 bits per heavy atom. The summed E-state index contributed by atoms with van der Waals surface area (Å²) in [6, 6.07) is -0.861. The lowest BCUT2D eigenvalue weighted by Gasteiger charge is -2.25. The maximum atomic E-state index is 13.0. The molecular weight excluding hydrogens is 924 g/mol. The zero-order valence-corrected chi connectivity index (χ0v) is 50.5. The van der Waals surface area contributed by atoms with Crippen LogP contribution in [0.4, 0.5) is 0 Å². The highest BCUT2D eigenvalue weighted by Gasteiger charge is 2.27. The van der Waals surface area contributed by atoms with Crippen molar-refractivity contribution in [3.05, 3.63) is 24.3 Å². The molecule has 1 amide bonds. The van der Waals surface area contributed by atoms with E-state index in [2.05, 4.69) is 31.3 Å². The zero-order valence-electron chi connectivity index (χ0n) is 49.7. The number of phosphoric ester groups is 1. The van der Waals surface area contributed by atoms with Gasteiger partial charge in [-0.25, -0.2) is 4.57 Å². The number of quaternary nitrogens is 1. The fourth-order valence-electron chi connectivity index (χ4n) is 9.89. The first-order valence-electron chi connectivity index (χ1n) is 32.2. The van der Waals surface area contributed by atoms with E-state index in [9.17, 15) is 19.4 Å². The Labute approximate surface area is 455 Å². The topological polar surface area (TPSA) is 105 Å². The number of unbranched alkanes of at least 4 members (excludes halogenated alkanes) is 45. The van der Waals surface area contributed by atoms with Gasteiger partial charge >= 0.3 is 7.82 Å². The number of hydrogen-bond donors (Lipinski definition) is 3. The van der Waals surface area contributed by atoms with Crippen molar-refractivity contribution in [1.29, 1.82) is 0 Å². The molecule has 0 aromatic carbocycles. The van der Waals surface area contributed by atoms with Gasteiger partial charge in [-0.2, -0.15) is 0 Å². The molecule has 0 bridgehead atoms. The molecule has 0 radical (unpaired) electrons. The number of hydrogen-bond acceptors (Lipinski definition) is 5. The second-order valence-corrected chi connectivity index (χ2v) is 24.9. The Balaban J connectivity index is 4.14. The average Bonchev–Trinajstić information content (AvgIpc) is 3.35. The van der Waals surface area contributed by atoms with Gasteiger partial charge in [-0.05, 0) is 32.1 Å². The highest BCUT2D eigenvalue weighted by Crippen LogP contribution is 2.43. The van der Waals surface area contributed by atoms with Crippen LogP contribution in [0, 0.1) is 0 Å². The van der Waals surface area contributed by atoms with E-state index in [1.54, 1.807) is 6.08 Å². The van der Waals surface area contributed by atoms with Crippen LogP contribution in [0.2, 0.25) is 0 Å². The predicted octanol–water partition coefficient (Wildman–Crippen LogP) is 19.9. The van der Waals surface area contributed by atoms with Crippen LogP contribution in [0.15, 0.2) is 24.3 Å². The van der Waals surface area contributed by atoms with E-state index in [4.69, 9.17) is 9.05 Å². The lowest BCUT2D eigenvalue weighted by Crippen LogP contribution is -2.45. The summed E-state index contributed by atoms with van der Waals surface area (Å²) in [5.74, 6) is -0.179. The molecule has 3 unspecified atom stereocenters. The quantitative estimate of drug-likeness (QED) is 0.0243. The second kappa shape index (κ2) is 55.7. The third-order valence-corrected chi connectivity index (χ3v) is 15.9. The van der Waals surface area contributed by atoms with Crippen LogP contribution in [0.3, 0.4) is 0 Å². The average molecular weight is 1050 g/mol. The van der Waals surface area contributed by atoms with Gasteiger partial charge in [0.15, 0.2) is 0 Å². The number of allylic oxidation sites excluding steroid dienone is 3. The van der Waals surface area contributed by atoms with Crippen molar-refractivity contribution in [3.8, 4) is 0 Å². The van der Waals surface area contributed by atoms with Gasteiger partial charge in [0.05, 0.1) is 39.9 Å². The first-order valence-corrected chi connectivity index (χ1v) is 33.7. The lowest BCUT2D eigenvalue weighted by molar-refractivity contribution is -0.870. The van der Waals surface area contributed by atoms with E-state index in [1.165, 1.54) is 270 Å². The molecule has 8 nitrogen and oxygen atoms in total. The molecule has 0 heterocycles. The number of nitrogens with zero attached hydrogens (tertiary/aromatic N) is 1. The van der Waals surface area contributed by atoms with Crippen molar-refractivity contribution in [2.24, 2.45) is 0 Å². The fourth-order valence-corrected chi connectivity index (χ4v) is 10.6. The third kappa shape index (κ3) is 58.5. The summed E-state index contributed by atoms with van der Waals surface area (Å²) in [5, 5.41) is 14.0. The molecule has 3 atom stereocenters. The van der Waals surface area contributed by atoms with Crippen molar-refractivity contribution < 1.29 is 32.9 Å². The molecule has 0 aromatic rings. The van der Waals surface area contributed by atoms with Gasteiger partial charge in [0.1, 0.15) is 13.2 Å². The number of nitrogens with one attached hydrogen (secondary N) is 1. The summed E-state index contributed by atoms with van der Waals surface area (Å²) < 4.78 is 23.8. The summed E-state index contributed by atoms with van der Waals surface area (Å²) in [7, 11) is 1.57. The second-order valence-electron chi connectivity index (χ2n) is 23.5. The normalized spacial score (nSPS) is 13.9. The number of rotatable bonds is 60. The Hall–Kier alpha value is -1.02. The Morgan fingerprint density at radius 1 is 0.452 bits per heavy atom. The van der Waals surface area contributed by atoms with Crippen LogP contribution in [-0.4, -0.2) is 73.4 Å². The van der Waals surface area contributed by atoms with Gasteiger partial charge in [0.25, 0.3) is 0 Å². The number of aliphatic hydroxyl groups excluding tert-OH is 1. The Bertz CT molecular complexity index is 1240. The summed E-state index contributed by atoms with van der Waals surface area (Å²) in [6.07, 6.45) is 71.7. The number of likely N-dealkylation sites (N-methyl/N-ethyl adjacent to an activating group) is 1. The van der Waals surface area contributed by atoms with Gasteiger partial charge in [0.2, 0.25) is 5.91 Å². The molecule has 0 spiro atoms. The molecule has 0 saturated heterocycles. The molecule has 9 heteroatoms. The minimum atomic E-state index is -4.36. The van der Waals surface area contributed by atoms with E-state index >= 15 is 0 Å². The van der Waals surface area contributed by atoms with Crippen LogP contribution < -0.4 is 5.32 Å². The van der Waals surface area contributed by atoms with Gasteiger partial charge in [-0.15, -0.1) is 0 Å². The van der Waals surface area contributed by atoms with E-state index in [0.717, 1.165) is 38.5 Å². The van der Waals surface area contributed by atoms with Crippen LogP contribution in [0.1, 0.15) is 328 Å². The summed E-state index contributed by atoms with van der Waals surface area (Å²) >= 11 is 0. The van der Waals surface area contributed by atoms with Crippen molar-refractivity contribution in [3.63, 3.8) is 0 Å². The minimum Gasteiger partial charge on any atom is -0.387 e. The van der Waals surface area contributed by atoms with Gasteiger partial charge < -0.3 is 19.8 Å². The van der Waals surface area contributed by atoms with Crippen molar-refractivity contribution >= 4 is 13.7 Å². The Morgan fingerprint density at radius 3 is 1.10 bits per heavy atom. The van der Waals surface area contributed by atoms with Crippen LogP contribution in [0.5, 0.6) is 0 Å². The molecule has 434 valence electrons. The maximum absolute atomic E-state index is 13.0. The SMILES string of the molecule is CCCCCCCCCCCCCCCCCCCCC/C=C/CC/C=C/C(O)C(COP(=O)(O)OCC[N+](C)(C)C)NC(=O)CCCCCCCCCCCCCCCCCCCCCCCCCCCC. The van der Waals surface area contributed by atoms with E-state index in [1.807, 2.05) is 27.2 Å². The van der Waals surface area contributed by atoms with Gasteiger partial charge in [0, 0.05) is 6.42 Å². The molecule has 0 rings (SSSR count). The number of aliphatic hydroxyl groups is 1. The molecule has 0 aliphatic rings. The first-order chi connectivity index (χ1) is 35.5. The standard InChI is InChI=1S/C64H127N2O6P/c1-6-8-10-12-14-16-18-20-22-24-26-28-30-32-34-36-38-40-42-44-46-48-50-52-54-56-58-64(68)65-62(61-72-73(69,70)71-60-59-66(3,4)5)63(67)57-55-53-51-49-47-45-43-41-39-37-35-33-31-29-27-25-23-21-19-17-15-13-11-9-7-2/h47,49,55,57,62-63,67H,6-46,48,50-54,56,58-61H2,1-5H3,(H-,65,68,69,70)/p+1/b49-47+,57-55+. The highest BCUT2D eigenvalue weighted by atomic mass is 31.2. The van der Waals surface area contributed by atoms with E-state index < -0.39 is 20.0 Å². The number of phosphoric acid groups is 1. The molecule has 0 saturated carbocycles. The zero-order chi connectivity index (χ0) is 53.5. The molecule has 3 N–H and O–H groups in total. The van der Waals surface area contributed by atoms with Crippen LogP contribution >= 0.6 is 7.82 Å². The number of carbonyl (C=O) groups excluding carboxylic acids is 1. The first kappa shape index (κ1) is 72.0. The lowest BCUT2D eigenvalue weighted by atomic mass is 10.0. The summed E-state index contributed by atoms with van der Waals surface area (Å²) in [5.41, 5.74) is 0. The molecule has 73 heavy (non-hydrogen) atoms. The fraction of sp³-hybridized carbons (Fsp3) is 0.922. The van der Waals surface area contributed by atoms with Crippen LogP contribution in [0.25, 0.3) is 0 Å². The third-order valence-electron chi connectivity index (χ3n) is 14.9. The molecule has 0 aromatic heterocycles. The summed E-state index contributed by atoms with van der Waals surface area (Å²) in [6.45, 7) is 4.86.